The van der Waals surface area contributed by atoms with Gasteiger partial charge in [0.2, 0.25) is 0 Å². The molecule has 0 amide bonds. The first kappa shape index (κ1) is 7.88. The average Bonchev–Trinajstić information content (AvgIpc) is 1.68. The van der Waals surface area contributed by atoms with Crippen LogP contribution in [0, 0.1) is 0 Å². The third kappa shape index (κ3) is 4.05. The molecule has 0 saturated heterocycles. The molecule has 0 aromatic rings. The average molecular weight is 120 g/mol. The van der Waals surface area contributed by atoms with E-state index in [2.05, 4.69) is 9.47 Å². The number of hydrogen-bond donors (Lipinski definition) is 1. The summed E-state index contributed by atoms with van der Waals surface area (Å²) in [6.45, 7) is 3.50. The minimum atomic E-state index is -1.04. The van der Waals surface area contributed by atoms with Gasteiger partial charge in [-0.25, -0.2) is 0 Å². The Kier molecular flexibility index (Phi) is 4.95. The predicted molar refractivity (Wildman–Crippen MR) is 29.3 cm³/mol. The number of aliphatic hydroxyl groups excluding tert-OH is 1. The molecule has 0 aliphatic rings. The Morgan fingerprint density at radius 3 is 1.88 bits per heavy atom. The van der Waals surface area contributed by atoms with Gasteiger partial charge in [0, 0.05) is 13.2 Å². The first-order chi connectivity index (χ1) is 3.81. The summed E-state index contributed by atoms with van der Waals surface area (Å²) in [4.78, 5) is 0. The molecule has 3 nitrogen and oxygen atoms in total. The highest BCUT2D eigenvalue weighted by Crippen LogP contribution is 1.86. The fourth-order valence-electron chi connectivity index (χ4n) is 0.333. The van der Waals surface area contributed by atoms with Crippen molar-refractivity contribution in [1.82, 2.24) is 0 Å². The van der Waals surface area contributed by atoms with Gasteiger partial charge in [-0.05, 0) is 13.8 Å². The van der Waals surface area contributed by atoms with Crippen LogP contribution in [0.15, 0.2) is 0 Å². The van der Waals surface area contributed by atoms with Crippen LogP contribution in [0.1, 0.15) is 13.8 Å². The SMILES string of the molecule is CCOC(O)OCC. The lowest BCUT2D eigenvalue weighted by Gasteiger charge is -2.07. The van der Waals surface area contributed by atoms with Gasteiger partial charge in [0.05, 0.1) is 0 Å². The Hall–Kier alpha value is -0.120. The van der Waals surface area contributed by atoms with Gasteiger partial charge in [0.25, 0.3) is 6.48 Å². The highest BCUT2D eigenvalue weighted by Gasteiger charge is 1.97. The van der Waals surface area contributed by atoms with Crippen molar-refractivity contribution in [2.75, 3.05) is 13.2 Å². The quantitative estimate of drug-likeness (QED) is 0.543. The topological polar surface area (TPSA) is 38.7 Å². The fourth-order valence-corrected chi connectivity index (χ4v) is 0.333. The monoisotopic (exact) mass is 120 g/mol. The molecule has 0 aromatic carbocycles. The summed E-state index contributed by atoms with van der Waals surface area (Å²) in [5.74, 6) is 0. The lowest BCUT2D eigenvalue weighted by Crippen LogP contribution is -2.15. The minimum Gasteiger partial charge on any atom is -0.346 e. The molecule has 0 atom stereocenters. The molecule has 3 heteroatoms. The third-order valence-electron chi connectivity index (χ3n) is 0.618. The van der Waals surface area contributed by atoms with Crippen LogP contribution in [0.4, 0.5) is 0 Å². The molecule has 50 valence electrons. The maximum absolute atomic E-state index is 8.60. The van der Waals surface area contributed by atoms with E-state index in [-0.39, 0.29) is 0 Å². The maximum Gasteiger partial charge on any atom is 0.269 e. The largest absolute Gasteiger partial charge is 0.346 e. The first-order valence-electron chi connectivity index (χ1n) is 2.72. The van der Waals surface area contributed by atoms with E-state index in [1.165, 1.54) is 0 Å². The van der Waals surface area contributed by atoms with E-state index in [9.17, 15) is 0 Å². The number of rotatable bonds is 4. The summed E-state index contributed by atoms with van der Waals surface area (Å²) >= 11 is 0. The standard InChI is InChI=1S/C5H12O3/c1-3-7-5(6)8-4-2/h5-6H,3-4H2,1-2H3. The van der Waals surface area contributed by atoms with Crippen molar-refractivity contribution in [3.8, 4) is 0 Å². The van der Waals surface area contributed by atoms with Crippen molar-refractivity contribution in [2.45, 2.75) is 20.3 Å². The second-order valence-corrected chi connectivity index (χ2v) is 1.22. The molecule has 0 heterocycles. The summed E-state index contributed by atoms with van der Waals surface area (Å²) in [5.41, 5.74) is 0. The van der Waals surface area contributed by atoms with Crippen molar-refractivity contribution < 1.29 is 14.6 Å². The summed E-state index contributed by atoms with van der Waals surface area (Å²) < 4.78 is 9.23. The van der Waals surface area contributed by atoms with E-state index >= 15 is 0 Å². The van der Waals surface area contributed by atoms with Gasteiger partial charge >= 0.3 is 0 Å². The molecule has 0 fully saturated rings. The zero-order valence-corrected chi connectivity index (χ0v) is 5.26. The lowest BCUT2D eigenvalue weighted by atomic mass is 10.8. The van der Waals surface area contributed by atoms with Crippen molar-refractivity contribution >= 4 is 0 Å². The highest BCUT2D eigenvalue weighted by molar-refractivity contribution is 4.15. The molecule has 0 aromatic heterocycles. The van der Waals surface area contributed by atoms with E-state index in [1.807, 2.05) is 0 Å². The molecule has 0 rings (SSSR count). The second kappa shape index (κ2) is 5.03. The van der Waals surface area contributed by atoms with Crippen LogP contribution >= 0.6 is 0 Å². The zero-order valence-electron chi connectivity index (χ0n) is 5.26. The smallest absolute Gasteiger partial charge is 0.269 e. The Labute approximate surface area is 49.2 Å². The van der Waals surface area contributed by atoms with E-state index in [0.717, 1.165) is 0 Å². The first-order valence-corrected chi connectivity index (χ1v) is 2.72. The highest BCUT2D eigenvalue weighted by atomic mass is 16.8. The summed E-state index contributed by atoms with van der Waals surface area (Å²) in [5, 5.41) is 8.60. The number of ether oxygens (including phenoxy) is 2. The molecule has 0 radical (unpaired) electrons. The van der Waals surface area contributed by atoms with Gasteiger partial charge in [-0.3, -0.25) is 0 Å². The Bertz CT molecular complexity index is 40.9. The molecular weight excluding hydrogens is 108 g/mol. The number of aliphatic hydroxyl groups is 1. The maximum atomic E-state index is 8.60. The van der Waals surface area contributed by atoms with Crippen molar-refractivity contribution in [3.05, 3.63) is 0 Å². The Morgan fingerprint density at radius 2 is 1.62 bits per heavy atom. The molecule has 8 heavy (non-hydrogen) atoms. The molecule has 0 aliphatic heterocycles. The van der Waals surface area contributed by atoms with Crippen LogP contribution in [-0.4, -0.2) is 24.8 Å². The third-order valence-corrected chi connectivity index (χ3v) is 0.618. The van der Waals surface area contributed by atoms with E-state index in [4.69, 9.17) is 5.11 Å². The fraction of sp³-hybridized carbons (Fsp3) is 1.00. The van der Waals surface area contributed by atoms with Gasteiger partial charge in [-0.2, -0.15) is 0 Å². The zero-order chi connectivity index (χ0) is 6.41. The van der Waals surface area contributed by atoms with Crippen LogP contribution in [0.25, 0.3) is 0 Å². The molecule has 1 N–H and O–H groups in total. The summed E-state index contributed by atoms with van der Waals surface area (Å²) in [6.07, 6.45) is 0. The van der Waals surface area contributed by atoms with Crippen LogP contribution in [0.5, 0.6) is 0 Å². The van der Waals surface area contributed by atoms with Crippen LogP contribution in [0.2, 0.25) is 0 Å². The molecule has 0 saturated carbocycles. The predicted octanol–water partition coefficient (Wildman–Crippen LogP) is 0.335. The van der Waals surface area contributed by atoms with Crippen molar-refractivity contribution in [1.29, 1.82) is 0 Å². The number of hydrogen-bond acceptors (Lipinski definition) is 3. The van der Waals surface area contributed by atoms with Crippen molar-refractivity contribution in [2.24, 2.45) is 0 Å². The molecule has 0 unspecified atom stereocenters. The van der Waals surface area contributed by atoms with Crippen molar-refractivity contribution in [3.63, 3.8) is 0 Å². The van der Waals surface area contributed by atoms with Gasteiger partial charge < -0.3 is 14.6 Å². The molecule has 0 bridgehead atoms. The van der Waals surface area contributed by atoms with Crippen LogP contribution < -0.4 is 0 Å². The Balaban J connectivity index is 2.92. The Morgan fingerprint density at radius 1 is 1.25 bits per heavy atom. The van der Waals surface area contributed by atoms with Crippen LogP contribution in [0.3, 0.4) is 0 Å². The molecule has 0 aliphatic carbocycles. The normalized spacial score (nSPS) is 10.5. The van der Waals surface area contributed by atoms with Gasteiger partial charge in [0.15, 0.2) is 0 Å². The molecule has 0 spiro atoms. The summed E-state index contributed by atoms with van der Waals surface area (Å²) in [6, 6.07) is 0. The summed E-state index contributed by atoms with van der Waals surface area (Å²) in [7, 11) is 0. The second-order valence-electron chi connectivity index (χ2n) is 1.22. The lowest BCUT2D eigenvalue weighted by molar-refractivity contribution is -0.258. The van der Waals surface area contributed by atoms with Gasteiger partial charge in [-0.15, -0.1) is 0 Å². The van der Waals surface area contributed by atoms with Gasteiger partial charge in [0.1, 0.15) is 0 Å². The van der Waals surface area contributed by atoms with E-state index in [1.54, 1.807) is 13.8 Å². The minimum absolute atomic E-state index is 0.473. The van der Waals surface area contributed by atoms with E-state index < -0.39 is 6.48 Å². The van der Waals surface area contributed by atoms with Crippen LogP contribution in [-0.2, 0) is 9.47 Å². The van der Waals surface area contributed by atoms with E-state index in [0.29, 0.717) is 13.2 Å². The van der Waals surface area contributed by atoms with Gasteiger partial charge in [-0.1, -0.05) is 0 Å². The molecular formula is C5H12O3.